The van der Waals surface area contributed by atoms with Gasteiger partial charge in [0.2, 0.25) is 0 Å². The molecular weight excluding hydrogens is 434 g/mol. The summed E-state index contributed by atoms with van der Waals surface area (Å²) in [6.07, 6.45) is 4.01. The fourth-order valence-corrected chi connectivity index (χ4v) is 4.40. The van der Waals surface area contributed by atoms with E-state index in [1.165, 1.54) is 0 Å². The Bertz CT molecular complexity index is 1030. The van der Waals surface area contributed by atoms with Crippen molar-refractivity contribution in [2.24, 2.45) is 0 Å². The number of carbonyl (C=O) groups is 2. The number of benzene rings is 1. The number of hydrogen-bond acceptors (Lipinski definition) is 7. The van der Waals surface area contributed by atoms with Crippen LogP contribution in [0.25, 0.3) is 5.76 Å². The third-order valence-electron chi connectivity index (χ3n) is 6.02. The number of aliphatic hydroxyl groups is 1. The van der Waals surface area contributed by atoms with E-state index in [2.05, 4.69) is 9.88 Å². The van der Waals surface area contributed by atoms with Crippen molar-refractivity contribution in [1.82, 2.24) is 14.8 Å². The van der Waals surface area contributed by atoms with Gasteiger partial charge in [-0.3, -0.25) is 19.5 Å². The molecule has 2 saturated heterocycles. The Labute approximate surface area is 199 Å². The Morgan fingerprint density at radius 1 is 1.15 bits per heavy atom. The zero-order valence-electron chi connectivity index (χ0n) is 19.6. The molecule has 0 aliphatic carbocycles. The minimum Gasteiger partial charge on any atom is -0.507 e. The number of morpholine rings is 1. The van der Waals surface area contributed by atoms with E-state index in [4.69, 9.17) is 9.47 Å². The molecule has 180 valence electrons. The normalized spacial score (nSPS) is 20.8. The zero-order chi connectivity index (χ0) is 24.1. The Morgan fingerprint density at radius 3 is 2.53 bits per heavy atom. The maximum atomic E-state index is 13.1. The van der Waals surface area contributed by atoms with Crippen molar-refractivity contribution in [2.75, 3.05) is 39.4 Å². The number of amides is 1. The zero-order valence-corrected chi connectivity index (χ0v) is 19.6. The van der Waals surface area contributed by atoms with E-state index in [0.717, 1.165) is 19.6 Å². The van der Waals surface area contributed by atoms with Crippen LogP contribution in [0, 0.1) is 0 Å². The summed E-state index contributed by atoms with van der Waals surface area (Å²) in [4.78, 5) is 34.2. The lowest BCUT2D eigenvalue weighted by molar-refractivity contribution is -0.140. The summed E-state index contributed by atoms with van der Waals surface area (Å²) in [6, 6.07) is 9.77. The minimum absolute atomic E-state index is 0.0211. The Kier molecular flexibility index (Phi) is 7.59. The van der Waals surface area contributed by atoms with Crippen LogP contribution in [0.15, 0.2) is 54.4 Å². The summed E-state index contributed by atoms with van der Waals surface area (Å²) in [6.45, 7) is 8.22. The molecule has 1 aromatic heterocycles. The predicted octanol–water partition coefficient (Wildman–Crippen LogP) is 3.01. The van der Waals surface area contributed by atoms with Crippen molar-refractivity contribution in [3.8, 4) is 5.75 Å². The lowest BCUT2D eigenvalue weighted by Crippen LogP contribution is -2.39. The van der Waals surface area contributed by atoms with Gasteiger partial charge in [-0.25, -0.2) is 0 Å². The molecular formula is C26H31N3O5. The number of nitrogens with zero attached hydrogens (tertiary/aromatic N) is 3. The van der Waals surface area contributed by atoms with E-state index < -0.39 is 17.7 Å². The van der Waals surface area contributed by atoms with E-state index >= 15 is 0 Å². The first-order valence-corrected chi connectivity index (χ1v) is 11.7. The molecule has 0 bridgehead atoms. The summed E-state index contributed by atoms with van der Waals surface area (Å²) < 4.78 is 11.1. The molecule has 2 aromatic rings. The van der Waals surface area contributed by atoms with Gasteiger partial charge in [-0.05, 0) is 56.2 Å². The maximum Gasteiger partial charge on any atom is 0.295 e. The second kappa shape index (κ2) is 10.8. The molecule has 1 N–H and O–H groups in total. The molecule has 34 heavy (non-hydrogen) atoms. The van der Waals surface area contributed by atoms with Crippen LogP contribution in [-0.4, -0.2) is 77.1 Å². The summed E-state index contributed by atoms with van der Waals surface area (Å²) in [5, 5.41) is 11.2. The molecule has 0 saturated carbocycles. The van der Waals surface area contributed by atoms with Crippen molar-refractivity contribution in [3.63, 3.8) is 0 Å². The molecule has 1 aromatic carbocycles. The van der Waals surface area contributed by atoms with E-state index in [1.54, 1.807) is 47.6 Å². The molecule has 0 radical (unpaired) electrons. The number of Topliss-reactive ketones (excluding diaryl/α,β-unsaturated/α-hetero) is 1. The topological polar surface area (TPSA) is 92.2 Å². The van der Waals surface area contributed by atoms with Gasteiger partial charge < -0.3 is 19.5 Å². The van der Waals surface area contributed by atoms with E-state index in [1.807, 2.05) is 19.9 Å². The number of ketones is 1. The molecule has 4 rings (SSSR count). The number of carbonyl (C=O) groups excluding carboxylic acids is 2. The molecule has 3 heterocycles. The molecule has 2 fully saturated rings. The SMILES string of the molecule is CC(C)Oc1ccc(/C(O)=C2/C(=O)C(=O)N(CCCN3CCOCC3)C2c2cccnc2)cc1. The van der Waals surface area contributed by atoms with Crippen LogP contribution in [0.4, 0.5) is 0 Å². The molecule has 2 aliphatic rings. The van der Waals surface area contributed by atoms with Crippen molar-refractivity contribution >= 4 is 17.4 Å². The highest BCUT2D eigenvalue weighted by Gasteiger charge is 2.45. The van der Waals surface area contributed by atoms with Crippen LogP contribution in [0.3, 0.4) is 0 Å². The standard InChI is InChI=1S/C26H31N3O5/c1-18(2)34-21-8-6-19(7-9-21)24(30)22-23(20-5-3-10-27-17-20)29(26(32)25(22)31)12-4-11-28-13-15-33-16-14-28/h3,5-10,17-18,23,30H,4,11-16H2,1-2H3/b24-22-. The maximum absolute atomic E-state index is 13.1. The lowest BCUT2D eigenvalue weighted by Gasteiger charge is -2.29. The number of ether oxygens (including phenoxy) is 2. The van der Waals surface area contributed by atoms with Gasteiger partial charge in [0.25, 0.3) is 11.7 Å². The Morgan fingerprint density at radius 2 is 1.88 bits per heavy atom. The molecule has 2 aliphatic heterocycles. The van der Waals surface area contributed by atoms with E-state index in [0.29, 0.717) is 43.1 Å². The predicted molar refractivity (Wildman–Crippen MR) is 127 cm³/mol. The van der Waals surface area contributed by atoms with E-state index in [-0.39, 0.29) is 17.4 Å². The van der Waals surface area contributed by atoms with Crippen molar-refractivity contribution in [2.45, 2.75) is 32.4 Å². The lowest BCUT2D eigenvalue weighted by atomic mass is 9.96. The molecule has 0 spiro atoms. The summed E-state index contributed by atoms with van der Waals surface area (Å²) in [5.74, 6) is -0.810. The first-order valence-electron chi connectivity index (χ1n) is 11.7. The number of aliphatic hydroxyl groups excluding tert-OH is 1. The number of aromatic nitrogens is 1. The number of hydrogen-bond donors (Lipinski definition) is 1. The molecule has 8 nitrogen and oxygen atoms in total. The van der Waals surface area contributed by atoms with Crippen molar-refractivity contribution in [1.29, 1.82) is 0 Å². The van der Waals surface area contributed by atoms with Gasteiger partial charge in [0, 0.05) is 44.1 Å². The van der Waals surface area contributed by atoms with Crippen LogP contribution >= 0.6 is 0 Å². The van der Waals surface area contributed by atoms with Gasteiger partial charge in [-0.2, -0.15) is 0 Å². The second-order valence-corrected chi connectivity index (χ2v) is 8.78. The van der Waals surface area contributed by atoms with Crippen LogP contribution in [0.5, 0.6) is 5.75 Å². The first-order chi connectivity index (χ1) is 16.5. The van der Waals surface area contributed by atoms with Gasteiger partial charge in [0.1, 0.15) is 11.5 Å². The van der Waals surface area contributed by atoms with Crippen molar-refractivity contribution in [3.05, 3.63) is 65.5 Å². The molecule has 1 amide bonds. The van der Waals surface area contributed by atoms with Crippen LogP contribution < -0.4 is 4.74 Å². The Hall–Kier alpha value is -3.23. The van der Waals surface area contributed by atoms with Gasteiger partial charge in [0.15, 0.2) is 0 Å². The summed E-state index contributed by atoms with van der Waals surface area (Å²) in [5.41, 5.74) is 1.23. The number of pyridine rings is 1. The third kappa shape index (κ3) is 5.29. The summed E-state index contributed by atoms with van der Waals surface area (Å²) >= 11 is 0. The average molecular weight is 466 g/mol. The smallest absolute Gasteiger partial charge is 0.295 e. The van der Waals surface area contributed by atoms with Gasteiger partial charge in [0.05, 0.1) is 30.9 Å². The van der Waals surface area contributed by atoms with Gasteiger partial charge >= 0.3 is 0 Å². The third-order valence-corrected chi connectivity index (χ3v) is 6.02. The molecule has 1 atom stereocenters. The van der Waals surface area contributed by atoms with Crippen molar-refractivity contribution < 1.29 is 24.2 Å². The summed E-state index contributed by atoms with van der Waals surface area (Å²) in [7, 11) is 0. The quantitative estimate of drug-likeness (QED) is 0.364. The first kappa shape index (κ1) is 23.9. The fraction of sp³-hybridized carbons (Fsp3) is 0.423. The monoisotopic (exact) mass is 465 g/mol. The highest BCUT2D eigenvalue weighted by Crippen LogP contribution is 2.39. The van der Waals surface area contributed by atoms with Crippen LogP contribution in [0.1, 0.15) is 37.4 Å². The molecule has 1 unspecified atom stereocenters. The van der Waals surface area contributed by atoms with E-state index in [9.17, 15) is 14.7 Å². The van der Waals surface area contributed by atoms with Crippen LogP contribution in [0.2, 0.25) is 0 Å². The number of likely N-dealkylation sites (tertiary alicyclic amines) is 1. The number of rotatable bonds is 8. The highest BCUT2D eigenvalue weighted by molar-refractivity contribution is 6.46. The second-order valence-electron chi connectivity index (χ2n) is 8.78. The molecule has 8 heteroatoms. The highest BCUT2D eigenvalue weighted by atomic mass is 16.5. The largest absolute Gasteiger partial charge is 0.507 e. The average Bonchev–Trinajstić information content (AvgIpc) is 3.10. The minimum atomic E-state index is -0.690. The fourth-order valence-electron chi connectivity index (χ4n) is 4.40. The van der Waals surface area contributed by atoms with Gasteiger partial charge in [-0.1, -0.05) is 6.07 Å². The van der Waals surface area contributed by atoms with Gasteiger partial charge in [-0.15, -0.1) is 0 Å². The van der Waals surface area contributed by atoms with Crippen LogP contribution in [-0.2, 0) is 14.3 Å². The Balaban J connectivity index is 1.62.